The third-order valence-corrected chi connectivity index (χ3v) is 4.28. The first-order valence-electron chi connectivity index (χ1n) is 6.93. The van der Waals surface area contributed by atoms with Crippen molar-refractivity contribution in [1.29, 1.82) is 0 Å². The first-order valence-corrected chi connectivity index (χ1v) is 7.72. The molecular weight excluding hydrogens is 330 g/mol. The molecule has 2 rings (SSSR count). The van der Waals surface area contributed by atoms with Crippen molar-refractivity contribution < 1.29 is 9.84 Å². The molecule has 0 fully saturated rings. The number of halogens is 1. The van der Waals surface area contributed by atoms with Gasteiger partial charge in [-0.2, -0.15) is 0 Å². The summed E-state index contributed by atoms with van der Waals surface area (Å²) in [5.74, 6) is 0.765. The lowest BCUT2D eigenvalue weighted by atomic mass is 9.87. The number of aliphatic hydroxyl groups is 1. The largest absolute Gasteiger partial charge is 0.495 e. The van der Waals surface area contributed by atoms with Crippen molar-refractivity contribution in [3.8, 4) is 5.75 Å². The monoisotopic (exact) mass is 349 g/mol. The third-order valence-electron chi connectivity index (χ3n) is 3.75. The second kappa shape index (κ2) is 6.96. The van der Waals surface area contributed by atoms with Crippen molar-refractivity contribution in [2.24, 2.45) is 0 Å². The second-order valence-corrected chi connectivity index (χ2v) is 5.84. The van der Waals surface area contributed by atoms with Crippen LogP contribution < -0.4 is 10.1 Å². The number of rotatable bonds is 6. The molecule has 21 heavy (non-hydrogen) atoms. The first-order chi connectivity index (χ1) is 10.1. The van der Waals surface area contributed by atoms with E-state index in [0.717, 1.165) is 27.9 Å². The smallest absolute Gasteiger partial charge is 0.141 e. The molecule has 2 aromatic carbocycles. The molecule has 0 aliphatic carbocycles. The zero-order valence-electron chi connectivity index (χ0n) is 12.3. The molecule has 0 heterocycles. The molecule has 0 saturated carbocycles. The van der Waals surface area contributed by atoms with E-state index < -0.39 is 5.54 Å². The molecule has 112 valence electrons. The number of para-hydroxylation sites is 2. The maximum Gasteiger partial charge on any atom is 0.141 e. The van der Waals surface area contributed by atoms with Crippen LogP contribution in [0.25, 0.3) is 0 Å². The molecule has 2 N–H and O–H groups in total. The van der Waals surface area contributed by atoms with Gasteiger partial charge in [-0.25, -0.2) is 0 Å². The fraction of sp³-hybridized carbons (Fsp3) is 0.294. The van der Waals surface area contributed by atoms with Crippen molar-refractivity contribution in [3.05, 3.63) is 58.6 Å². The molecule has 1 unspecified atom stereocenters. The van der Waals surface area contributed by atoms with E-state index in [-0.39, 0.29) is 6.61 Å². The van der Waals surface area contributed by atoms with E-state index in [2.05, 4.69) is 28.2 Å². The third kappa shape index (κ3) is 3.39. The number of nitrogens with one attached hydrogen (secondary N) is 1. The minimum Gasteiger partial charge on any atom is -0.495 e. The van der Waals surface area contributed by atoms with Crippen LogP contribution in [0.15, 0.2) is 53.0 Å². The summed E-state index contributed by atoms with van der Waals surface area (Å²) in [4.78, 5) is 0. The maximum absolute atomic E-state index is 10.0. The molecule has 0 aliphatic heterocycles. The average molecular weight is 350 g/mol. The van der Waals surface area contributed by atoms with Gasteiger partial charge in [0, 0.05) is 4.47 Å². The van der Waals surface area contributed by atoms with Crippen LogP contribution in [-0.2, 0) is 5.54 Å². The van der Waals surface area contributed by atoms with Crippen molar-refractivity contribution >= 4 is 21.6 Å². The van der Waals surface area contributed by atoms with E-state index in [1.54, 1.807) is 7.11 Å². The Morgan fingerprint density at radius 3 is 2.38 bits per heavy atom. The first kappa shape index (κ1) is 15.9. The molecule has 1 atom stereocenters. The number of benzene rings is 2. The minimum atomic E-state index is -0.532. The summed E-state index contributed by atoms with van der Waals surface area (Å²) in [6, 6.07) is 15.7. The van der Waals surface area contributed by atoms with Crippen LogP contribution in [0.2, 0.25) is 0 Å². The van der Waals surface area contributed by atoms with Crippen molar-refractivity contribution in [3.63, 3.8) is 0 Å². The molecule has 0 spiro atoms. The van der Waals surface area contributed by atoms with Crippen LogP contribution in [0.1, 0.15) is 18.9 Å². The average Bonchev–Trinajstić information content (AvgIpc) is 2.54. The highest BCUT2D eigenvalue weighted by atomic mass is 79.9. The Kier molecular flexibility index (Phi) is 5.26. The van der Waals surface area contributed by atoms with E-state index in [1.807, 2.05) is 48.5 Å². The van der Waals surface area contributed by atoms with Gasteiger partial charge in [0.1, 0.15) is 5.75 Å². The van der Waals surface area contributed by atoms with Gasteiger partial charge in [-0.05, 0) is 36.2 Å². The Morgan fingerprint density at radius 1 is 1.14 bits per heavy atom. The zero-order chi connectivity index (χ0) is 15.3. The van der Waals surface area contributed by atoms with Crippen LogP contribution in [0.4, 0.5) is 5.69 Å². The Bertz CT molecular complexity index is 580. The van der Waals surface area contributed by atoms with E-state index in [0.29, 0.717) is 0 Å². The minimum absolute atomic E-state index is 0.00316. The molecule has 0 amide bonds. The standard InChI is InChI=1S/C17H20BrNO2/c1-3-17(12-20,13-8-10-14(18)11-9-13)19-15-6-4-5-7-16(15)21-2/h4-11,19-20H,3,12H2,1-2H3. The van der Waals surface area contributed by atoms with E-state index in [1.165, 1.54) is 0 Å². The normalized spacial score (nSPS) is 13.5. The van der Waals surface area contributed by atoms with Crippen molar-refractivity contribution in [1.82, 2.24) is 0 Å². The lowest BCUT2D eigenvalue weighted by Crippen LogP contribution is -2.38. The molecule has 0 saturated heterocycles. The summed E-state index contributed by atoms with van der Waals surface area (Å²) in [5, 5.41) is 13.5. The lowest BCUT2D eigenvalue weighted by molar-refractivity contribution is 0.207. The number of methoxy groups -OCH3 is 1. The number of anilines is 1. The highest BCUT2D eigenvalue weighted by Crippen LogP contribution is 2.34. The fourth-order valence-corrected chi connectivity index (χ4v) is 2.65. The van der Waals surface area contributed by atoms with Gasteiger partial charge in [-0.3, -0.25) is 0 Å². The molecule has 0 aliphatic rings. The highest BCUT2D eigenvalue weighted by molar-refractivity contribution is 9.10. The van der Waals surface area contributed by atoms with Crippen LogP contribution in [0.3, 0.4) is 0 Å². The van der Waals surface area contributed by atoms with Gasteiger partial charge in [0.05, 0.1) is 24.9 Å². The molecule has 2 aromatic rings. The van der Waals surface area contributed by atoms with Gasteiger partial charge < -0.3 is 15.2 Å². The van der Waals surface area contributed by atoms with Gasteiger partial charge in [0.2, 0.25) is 0 Å². The zero-order valence-corrected chi connectivity index (χ0v) is 13.9. The van der Waals surface area contributed by atoms with Crippen molar-refractivity contribution in [2.75, 3.05) is 19.0 Å². The Labute approximate surface area is 134 Å². The molecule has 0 aromatic heterocycles. The summed E-state index contributed by atoms with van der Waals surface area (Å²) in [5.41, 5.74) is 1.38. The topological polar surface area (TPSA) is 41.5 Å². The number of aliphatic hydroxyl groups excluding tert-OH is 1. The fourth-order valence-electron chi connectivity index (χ4n) is 2.38. The maximum atomic E-state index is 10.0. The molecule has 3 nitrogen and oxygen atoms in total. The number of hydrogen-bond donors (Lipinski definition) is 2. The van der Waals surface area contributed by atoms with Crippen LogP contribution >= 0.6 is 15.9 Å². The molecule has 0 bridgehead atoms. The lowest BCUT2D eigenvalue weighted by Gasteiger charge is -2.34. The van der Waals surface area contributed by atoms with Gasteiger partial charge >= 0.3 is 0 Å². The van der Waals surface area contributed by atoms with Gasteiger partial charge in [-0.1, -0.05) is 47.1 Å². The van der Waals surface area contributed by atoms with E-state index in [9.17, 15) is 5.11 Å². The van der Waals surface area contributed by atoms with Gasteiger partial charge in [-0.15, -0.1) is 0 Å². The summed E-state index contributed by atoms with van der Waals surface area (Å²) >= 11 is 3.44. The molecule has 4 heteroatoms. The Balaban J connectivity index is 2.40. The SMILES string of the molecule is CCC(CO)(Nc1ccccc1OC)c1ccc(Br)cc1. The summed E-state index contributed by atoms with van der Waals surface area (Å²) in [6.07, 6.45) is 0.753. The predicted octanol–water partition coefficient (Wildman–Crippen LogP) is 4.17. The highest BCUT2D eigenvalue weighted by Gasteiger charge is 2.30. The number of ether oxygens (including phenoxy) is 1. The quantitative estimate of drug-likeness (QED) is 0.822. The van der Waals surface area contributed by atoms with Gasteiger partial charge in [0.15, 0.2) is 0 Å². The summed E-state index contributed by atoms with van der Waals surface area (Å²) in [7, 11) is 1.65. The van der Waals surface area contributed by atoms with Crippen LogP contribution in [-0.4, -0.2) is 18.8 Å². The summed E-state index contributed by atoms with van der Waals surface area (Å²) < 4.78 is 6.40. The van der Waals surface area contributed by atoms with Crippen molar-refractivity contribution in [2.45, 2.75) is 18.9 Å². The predicted molar refractivity (Wildman–Crippen MR) is 89.8 cm³/mol. The van der Waals surface area contributed by atoms with Gasteiger partial charge in [0.25, 0.3) is 0 Å². The van der Waals surface area contributed by atoms with E-state index in [4.69, 9.17) is 4.74 Å². The van der Waals surface area contributed by atoms with Crippen LogP contribution in [0.5, 0.6) is 5.75 Å². The summed E-state index contributed by atoms with van der Waals surface area (Å²) in [6.45, 7) is 2.06. The van der Waals surface area contributed by atoms with Crippen LogP contribution in [0, 0.1) is 0 Å². The number of hydrogen-bond acceptors (Lipinski definition) is 3. The second-order valence-electron chi connectivity index (χ2n) is 4.93. The Hall–Kier alpha value is -1.52. The van der Waals surface area contributed by atoms with E-state index >= 15 is 0 Å². The molecular formula is C17H20BrNO2. The Morgan fingerprint density at radius 2 is 1.81 bits per heavy atom. The molecule has 0 radical (unpaired) electrons.